The van der Waals surface area contributed by atoms with Crippen LogP contribution in [0.4, 0.5) is 10.2 Å². The number of aliphatic hydroxyl groups is 1. The highest BCUT2D eigenvalue weighted by Gasteiger charge is 2.34. The number of anilines is 1. The van der Waals surface area contributed by atoms with Gasteiger partial charge in [0.05, 0.1) is 18.5 Å². The van der Waals surface area contributed by atoms with Crippen molar-refractivity contribution in [3.63, 3.8) is 0 Å². The van der Waals surface area contributed by atoms with Gasteiger partial charge in [0.2, 0.25) is 5.91 Å². The quantitative estimate of drug-likeness (QED) is 0.452. The molecule has 9 heteroatoms. The van der Waals surface area contributed by atoms with Crippen molar-refractivity contribution in [3.8, 4) is 0 Å². The van der Waals surface area contributed by atoms with Gasteiger partial charge in [0, 0.05) is 57.3 Å². The fourth-order valence-electron chi connectivity index (χ4n) is 5.29. The number of nitrogens with zero attached hydrogens (tertiary/aromatic N) is 4. The van der Waals surface area contributed by atoms with Crippen LogP contribution >= 0.6 is 0 Å². The Morgan fingerprint density at radius 3 is 2.61 bits per heavy atom. The summed E-state index contributed by atoms with van der Waals surface area (Å²) in [6.07, 6.45) is 3.43. The number of carbonyl (C=O) groups excluding carboxylic acids is 1. The molecule has 8 nitrogen and oxygen atoms in total. The third-order valence-corrected chi connectivity index (χ3v) is 7.59. The van der Waals surface area contributed by atoms with Crippen molar-refractivity contribution in [1.82, 2.24) is 19.4 Å². The number of hydrogen-bond acceptors (Lipinski definition) is 6. The van der Waals surface area contributed by atoms with E-state index in [-0.39, 0.29) is 23.8 Å². The maximum Gasteiger partial charge on any atom is 0.255 e. The van der Waals surface area contributed by atoms with Gasteiger partial charge in [-0.15, -0.1) is 0 Å². The molecule has 0 bridgehead atoms. The van der Waals surface area contributed by atoms with Crippen LogP contribution < -0.4 is 10.9 Å². The normalized spacial score (nSPS) is 16.8. The average Bonchev–Trinajstić information content (AvgIpc) is 3.34. The summed E-state index contributed by atoms with van der Waals surface area (Å²) < 4.78 is 15.4. The second kappa shape index (κ2) is 11.4. The molecule has 0 spiro atoms. The minimum atomic E-state index is -1.06. The predicted octanol–water partition coefficient (Wildman–Crippen LogP) is 2.80. The highest BCUT2D eigenvalue weighted by atomic mass is 19.1. The first-order valence-electron chi connectivity index (χ1n) is 13.2. The van der Waals surface area contributed by atoms with Crippen molar-refractivity contribution < 1.29 is 14.3 Å². The van der Waals surface area contributed by atoms with Crippen LogP contribution in [-0.4, -0.2) is 62.1 Å². The molecule has 0 unspecified atom stereocenters. The van der Waals surface area contributed by atoms with E-state index in [9.17, 15) is 19.1 Å². The van der Waals surface area contributed by atoms with E-state index in [1.54, 1.807) is 11.0 Å². The molecule has 0 saturated carbocycles. The standard InChI is InChI=1S/C29H34FN5O3/c30-25-8-4-7-23-18-33(19-24(23)25)16-13-31-26-17-28(37)35(21-32-26)20-29(38)11-14-34(15-12-29)27(36)10-9-22-5-2-1-3-6-22/h1-8,17,21,31,38H,9-16,18-20H2. The smallest absolute Gasteiger partial charge is 0.255 e. The van der Waals surface area contributed by atoms with Crippen LogP contribution in [0.1, 0.15) is 36.0 Å². The zero-order chi connectivity index (χ0) is 26.5. The van der Waals surface area contributed by atoms with Crippen LogP contribution in [0.5, 0.6) is 0 Å². The van der Waals surface area contributed by atoms with Crippen molar-refractivity contribution in [3.05, 3.63) is 93.8 Å². The maximum absolute atomic E-state index is 13.9. The Morgan fingerprint density at radius 1 is 1.08 bits per heavy atom. The number of hydrogen-bond donors (Lipinski definition) is 2. The van der Waals surface area contributed by atoms with E-state index in [1.807, 2.05) is 36.4 Å². The molecule has 2 aliphatic rings. The number of rotatable bonds is 9. The summed E-state index contributed by atoms with van der Waals surface area (Å²) in [6, 6.07) is 16.6. The molecule has 3 heterocycles. The molecule has 1 amide bonds. The molecule has 1 saturated heterocycles. The summed E-state index contributed by atoms with van der Waals surface area (Å²) in [5.74, 6) is 0.401. The molecule has 0 atom stereocenters. The lowest BCUT2D eigenvalue weighted by Gasteiger charge is -2.38. The molecule has 3 aromatic rings. The average molecular weight is 520 g/mol. The Labute approximate surface area is 221 Å². The molecular formula is C29H34FN5O3. The van der Waals surface area contributed by atoms with Gasteiger partial charge in [-0.3, -0.25) is 19.1 Å². The summed E-state index contributed by atoms with van der Waals surface area (Å²) in [5, 5.41) is 14.3. The number of likely N-dealkylation sites (tertiary alicyclic amines) is 1. The fraction of sp³-hybridized carbons (Fsp3) is 0.414. The number of nitrogens with one attached hydrogen (secondary N) is 1. The molecule has 0 radical (unpaired) electrons. The first-order chi connectivity index (χ1) is 18.4. The van der Waals surface area contributed by atoms with Crippen LogP contribution in [0.3, 0.4) is 0 Å². The largest absolute Gasteiger partial charge is 0.388 e. The van der Waals surface area contributed by atoms with Crippen molar-refractivity contribution >= 4 is 11.7 Å². The van der Waals surface area contributed by atoms with E-state index in [1.165, 1.54) is 23.0 Å². The van der Waals surface area contributed by atoms with Gasteiger partial charge in [0.15, 0.2) is 0 Å². The van der Waals surface area contributed by atoms with E-state index in [0.29, 0.717) is 70.8 Å². The lowest BCUT2D eigenvalue weighted by molar-refractivity contribution is -0.135. The van der Waals surface area contributed by atoms with Gasteiger partial charge in [0.1, 0.15) is 11.6 Å². The number of aromatic nitrogens is 2. The molecule has 2 aromatic carbocycles. The SMILES string of the molecule is O=C(CCc1ccccc1)N1CCC(O)(Cn2cnc(NCCN3Cc4cccc(F)c4C3)cc2=O)CC1. The molecule has 2 N–H and O–H groups in total. The molecule has 200 valence electrons. The van der Waals surface area contributed by atoms with Gasteiger partial charge < -0.3 is 15.3 Å². The van der Waals surface area contributed by atoms with E-state index in [0.717, 1.165) is 16.7 Å². The topological polar surface area (TPSA) is 90.7 Å². The minimum Gasteiger partial charge on any atom is -0.388 e. The zero-order valence-corrected chi connectivity index (χ0v) is 21.5. The lowest BCUT2D eigenvalue weighted by Crippen LogP contribution is -2.49. The summed E-state index contributed by atoms with van der Waals surface area (Å²) in [4.78, 5) is 33.6. The second-order valence-corrected chi connectivity index (χ2v) is 10.3. The molecule has 2 aliphatic heterocycles. The summed E-state index contributed by atoms with van der Waals surface area (Å²) in [5.41, 5.74) is 1.61. The van der Waals surface area contributed by atoms with Crippen molar-refractivity contribution in [2.75, 3.05) is 31.5 Å². The summed E-state index contributed by atoms with van der Waals surface area (Å²) in [6.45, 7) is 3.63. The molecule has 5 rings (SSSR count). The van der Waals surface area contributed by atoms with Crippen molar-refractivity contribution in [2.45, 2.75) is 50.9 Å². The Bertz CT molecular complexity index is 1320. The van der Waals surface area contributed by atoms with Crippen molar-refractivity contribution in [1.29, 1.82) is 0 Å². The molecule has 1 aromatic heterocycles. The molecule has 0 aliphatic carbocycles. The van der Waals surface area contributed by atoms with Gasteiger partial charge in [-0.05, 0) is 36.5 Å². The molecule has 38 heavy (non-hydrogen) atoms. The maximum atomic E-state index is 13.9. The van der Waals surface area contributed by atoms with Crippen molar-refractivity contribution in [2.24, 2.45) is 0 Å². The zero-order valence-electron chi connectivity index (χ0n) is 21.5. The highest BCUT2D eigenvalue weighted by Crippen LogP contribution is 2.25. The number of benzene rings is 2. The fourth-order valence-corrected chi connectivity index (χ4v) is 5.29. The third kappa shape index (κ3) is 6.28. The summed E-state index contributed by atoms with van der Waals surface area (Å²) in [7, 11) is 0. The predicted molar refractivity (Wildman–Crippen MR) is 143 cm³/mol. The number of halogens is 1. The Hall–Kier alpha value is -3.56. The highest BCUT2D eigenvalue weighted by molar-refractivity contribution is 5.76. The number of carbonyl (C=O) groups is 1. The first-order valence-corrected chi connectivity index (χ1v) is 13.2. The molecular weight excluding hydrogens is 485 g/mol. The first kappa shape index (κ1) is 26.1. The number of aryl methyl sites for hydroxylation is 1. The molecule has 1 fully saturated rings. The van der Waals surface area contributed by atoms with Gasteiger partial charge in [-0.1, -0.05) is 42.5 Å². The van der Waals surface area contributed by atoms with E-state index in [4.69, 9.17) is 0 Å². The van der Waals surface area contributed by atoms with Crippen LogP contribution in [0.2, 0.25) is 0 Å². The summed E-state index contributed by atoms with van der Waals surface area (Å²) >= 11 is 0. The van der Waals surface area contributed by atoms with Crippen LogP contribution in [0.25, 0.3) is 0 Å². The Balaban J connectivity index is 1.07. The van der Waals surface area contributed by atoms with Gasteiger partial charge >= 0.3 is 0 Å². The Kier molecular flexibility index (Phi) is 7.85. The van der Waals surface area contributed by atoms with E-state index in [2.05, 4.69) is 15.2 Å². The van der Waals surface area contributed by atoms with Gasteiger partial charge in [0.25, 0.3) is 5.56 Å². The van der Waals surface area contributed by atoms with Gasteiger partial charge in [-0.2, -0.15) is 0 Å². The van der Waals surface area contributed by atoms with Gasteiger partial charge in [-0.25, -0.2) is 9.37 Å². The van der Waals surface area contributed by atoms with Crippen LogP contribution in [0, 0.1) is 5.82 Å². The monoisotopic (exact) mass is 519 g/mol. The number of piperidine rings is 1. The number of amides is 1. The lowest BCUT2D eigenvalue weighted by atomic mass is 9.91. The number of fused-ring (bicyclic) bond motifs is 1. The van der Waals surface area contributed by atoms with E-state index < -0.39 is 5.60 Å². The van der Waals surface area contributed by atoms with E-state index >= 15 is 0 Å². The second-order valence-electron chi connectivity index (χ2n) is 10.3. The minimum absolute atomic E-state index is 0.0908. The van der Waals surface area contributed by atoms with Crippen LogP contribution in [-0.2, 0) is 30.8 Å². The van der Waals surface area contributed by atoms with Crippen LogP contribution in [0.15, 0.2) is 65.7 Å². The Morgan fingerprint density at radius 2 is 1.87 bits per heavy atom. The third-order valence-electron chi connectivity index (χ3n) is 7.59.